The summed E-state index contributed by atoms with van der Waals surface area (Å²) in [6.07, 6.45) is 8.91. The van der Waals surface area contributed by atoms with Crippen molar-refractivity contribution in [3.05, 3.63) is 54.6 Å². The van der Waals surface area contributed by atoms with Gasteiger partial charge in [0.1, 0.15) is 11.6 Å². The molecule has 26 heavy (non-hydrogen) atoms. The first-order valence-electron chi connectivity index (χ1n) is 8.68. The van der Waals surface area contributed by atoms with Crippen molar-refractivity contribution in [3.63, 3.8) is 0 Å². The molecule has 0 bridgehead atoms. The van der Waals surface area contributed by atoms with Gasteiger partial charge in [0.2, 0.25) is 5.91 Å². The molecule has 0 aliphatic carbocycles. The van der Waals surface area contributed by atoms with Crippen molar-refractivity contribution >= 4 is 5.91 Å². The van der Waals surface area contributed by atoms with E-state index in [9.17, 15) is 4.79 Å². The van der Waals surface area contributed by atoms with Gasteiger partial charge in [-0.2, -0.15) is 5.10 Å². The van der Waals surface area contributed by atoms with E-state index in [-0.39, 0.29) is 11.9 Å². The highest BCUT2D eigenvalue weighted by molar-refractivity contribution is 5.78. The maximum atomic E-state index is 11.4. The van der Waals surface area contributed by atoms with Crippen molar-refractivity contribution in [2.45, 2.75) is 32.0 Å². The van der Waals surface area contributed by atoms with E-state index >= 15 is 0 Å². The van der Waals surface area contributed by atoms with Crippen LogP contribution in [0.25, 0.3) is 11.4 Å². The van der Waals surface area contributed by atoms with Crippen LogP contribution in [-0.2, 0) is 17.9 Å². The van der Waals surface area contributed by atoms with Crippen LogP contribution in [0.5, 0.6) is 5.75 Å². The van der Waals surface area contributed by atoms with E-state index in [4.69, 9.17) is 4.74 Å². The zero-order valence-corrected chi connectivity index (χ0v) is 14.6. The Bertz CT molecular complexity index is 901. The zero-order chi connectivity index (χ0) is 17.9. The number of nitrogens with zero attached hydrogens (tertiary/aromatic N) is 4. The molecule has 2 aromatic heterocycles. The van der Waals surface area contributed by atoms with Crippen LogP contribution in [0.3, 0.4) is 0 Å². The molecular formula is C19H21N5O2. The third-order valence-electron chi connectivity index (χ3n) is 4.65. The van der Waals surface area contributed by atoms with Gasteiger partial charge in [0.05, 0.1) is 13.7 Å². The van der Waals surface area contributed by atoms with Gasteiger partial charge in [-0.05, 0) is 30.7 Å². The highest BCUT2D eigenvalue weighted by atomic mass is 16.5. The van der Waals surface area contributed by atoms with E-state index in [1.807, 2.05) is 35.3 Å². The zero-order valence-electron chi connectivity index (χ0n) is 14.6. The van der Waals surface area contributed by atoms with Gasteiger partial charge < -0.3 is 14.6 Å². The fraction of sp³-hybridized carbons (Fsp3) is 0.316. The minimum Gasteiger partial charge on any atom is -0.496 e. The molecule has 1 atom stereocenters. The van der Waals surface area contributed by atoms with E-state index in [2.05, 4.69) is 26.0 Å². The Hall–Kier alpha value is -3.09. The highest BCUT2D eigenvalue weighted by Gasteiger charge is 2.22. The number of carbonyl (C=O) groups excluding carboxylic acids is 1. The third-order valence-corrected chi connectivity index (χ3v) is 4.65. The smallest absolute Gasteiger partial charge is 0.220 e. The largest absolute Gasteiger partial charge is 0.496 e. The van der Waals surface area contributed by atoms with Gasteiger partial charge in [-0.1, -0.05) is 0 Å². The second-order valence-corrected chi connectivity index (χ2v) is 6.44. The number of methoxy groups -OCH3 is 1. The molecule has 0 radical (unpaired) electrons. The Labute approximate surface area is 151 Å². The van der Waals surface area contributed by atoms with Crippen LogP contribution in [0.2, 0.25) is 0 Å². The van der Waals surface area contributed by atoms with Crippen molar-refractivity contribution in [2.75, 3.05) is 7.11 Å². The van der Waals surface area contributed by atoms with Crippen LogP contribution in [0.15, 0.2) is 49.1 Å². The first kappa shape index (κ1) is 16.4. The van der Waals surface area contributed by atoms with Gasteiger partial charge in [0, 0.05) is 54.9 Å². The lowest BCUT2D eigenvalue weighted by atomic mass is 10.1. The summed E-state index contributed by atoms with van der Waals surface area (Å²) >= 11 is 0. The second kappa shape index (κ2) is 7.03. The average molecular weight is 351 g/mol. The minimum atomic E-state index is 0.127. The Balaban J connectivity index is 1.62. The third kappa shape index (κ3) is 3.33. The topological polar surface area (TPSA) is 74.0 Å². The summed E-state index contributed by atoms with van der Waals surface area (Å²) in [4.78, 5) is 16.0. The first-order chi connectivity index (χ1) is 12.7. The maximum Gasteiger partial charge on any atom is 0.220 e. The normalized spacial score (nSPS) is 16.7. The molecule has 1 aliphatic heterocycles. The molecule has 1 unspecified atom stereocenters. The fourth-order valence-corrected chi connectivity index (χ4v) is 3.38. The summed E-state index contributed by atoms with van der Waals surface area (Å²) in [6, 6.07) is 8.13. The van der Waals surface area contributed by atoms with Gasteiger partial charge in [-0.3, -0.25) is 9.48 Å². The number of ether oxygens (including phenoxy) is 1. The molecule has 1 amide bonds. The quantitative estimate of drug-likeness (QED) is 0.738. The Kier molecular flexibility index (Phi) is 4.43. The molecule has 134 valence electrons. The molecule has 3 aromatic rings. The van der Waals surface area contributed by atoms with Crippen molar-refractivity contribution in [1.29, 1.82) is 0 Å². The molecule has 1 fully saturated rings. The van der Waals surface area contributed by atoms with Crippen LogP contribution in [-0.4, -0.2) is 38.4 Å². The SMILES string of the molecule is COc1ccc(-c2nccn2CC2CCC(=O)N2)cc1Cn1cccn1. The lowest BCUT2D eigenvalue weighted by Crippen LogP contribution is -2.29. The van der Waals surface area contributed by atoms with Gasteiger partial charge in [-0.15, -0.1) is 0 Å². The van der Waals surface area contributed by atoms with Gasteiger partial charge in [-0.25, -0.2) is 4.98 Å². The summed E-state index contributed by atoms with van der Waals surface area (Å²) in [7, 11) is 1.67. The second-order valence-electron chi connectivity index (χ2n) is 6.44. The number of amides is 1. The van der Waals surface area contributed by atoms with Crippen molar-refractivity contribution in [2.24, 2.45) is 0 Å². The van der Waals surface area contributed by atoms with E-state index in [1.54, 1.807) is 19.5 Å². The Morgan fingerprint density at radius 1 is 1.31 bits per heavy atom. The Morgan fingerprint density at radius 3 is 2.96 bits per heavy atom. The van der Waals surface area contributed by atoms with Crippen LogP contribution < -0.4 is 10.1 Å². The van der Waals surface area contributed by atoms with Crippen LogP contribution >= 0.6 is 0 Å². The maximum absolute atomic E-state index is 11.4. The molecule has 7 heteroatoms. The predicted octanol–water partition coefficient (Wildman–Crippen LogP) is 2.08. The number of imidazole rings is 1. The van der Waals surface area contributed by atoms with Gasteiger partial charge >= 0.3 is 0 Å². The number of rotatable bonds is 6. The van der Waals surface area contributed by atoms with E-state index in [1.165, 1.54) is 0 Å². The van der Waals surface area contributed by atoms with Gasteiger partial charge in [0.15, 0.2) is 0 Å². The Morgan fingerprint density at radius 2 is 2.23 bits per heavy atom. The van der Waals surface area contributed by atoms with Gasteiger partial charge in [0.25, 0.3) is 0 Å². The molecule has 4 rings (SSSR count). The summed E-state index contributed by atoms with van der Waals surface area (Å²) in [5.74, 6) is 1.84. The van der Waals surface area contributed by atoms with E-state index in [0.717, 1.165) is 35.7 Å². The summed E-state index contributed by atoms with van der Waals surface area (Å²) in [5, 5.41) is 7.28. The van der Waals surface area contributed by atoms with Crippen molar-refractivity contribution < 1.29 is 9.53 Å². The standard InChI is InChI=1S/C19H21N5O2/c1-26-17-5-3-14(11-15(17)12-24-9-2-7-21-24)19-20-8-10-23(19)13-16-4-6-18(25)22-16/h2-3,5,7-11,16H,4,6,12-13H2,1H3,(H,22,25). The molecule has 1 N–H and O–H groups in total. The first-order valence-corrected chi connectivity index (χ1v) is 8.68. The molecule has 1 saturated heterocycles. The molecule has 3 heterocycles. The van der Waals surface area contributed by atoms with Crippen LogP contribution in [0.1, 0.15) is 18.4 Å². The molecule has 1 aromatic carbocycles. The number of hydrogen-bond acceptors (Lipinski definition) is 4. The monoisotopic (exact) mass is 351 g/mol. The molecule has 7 nitrogen and oxygen atoms in total. The van der Waals surface area contributed by atoms with Crippen LogP contribution in [0, 0.1) is 0 Å². The highest BCUT2D eigenvalue weighted by Crippen LogP contribution is 2.27. The lowest BCUT2D eigenvalue weighted by molar-refractivity contribution is -0.119. The van der Waals surface area contributed by atoms with E-state index < -0.39 is 0 Å². The van der Waals surface area contributed by atoms with Crippen molar-refractivity contribution in [3.8, 4) is 17.1 Å². The summed E-state index contributed by atoms with van der Waals surface area (Å²) in [6.45, 7) is 1.35. The molecule has 0 saturated carbocycles. The number of carbonyl (C=O) groups is 1. The number of aromatic nitrogens is 4. The average Bonchev–Trinajstić information content (AvgIpc) is 3.38. The minimum absolute atomic E-state index is 0.127. The van der Waals surface area contributed by atoms with Crippen LogP contribution in [0.4, 0.5) is 0 Å². The summed E-state index contributed by atoms with van der Waals surface area (Å²) in [5.41, 5.74) is 2.06. The predicted molar refractivity (Wildman–Crippen MR) is 96.7 cm³/mol. The summed E-state index contributed by atoms with van der Waals surface area (Å²) < 4.78 is 9.46. The number of hydrogen-bond donors (Lipinski definition) is 1. The lowest BCUT2D eigenvalue weighted by Gasteiger charge is -2.15. The van der Waals surface area contributed by atoms with E-state index in [0.29, 0.717) is 13.0 Å². The number of nitrogens with one attached hydrogen (secondary N) is 1. The van der Waals surface area contributed by atoms with Crippen molar-refractivity contribution in [1.82, 2.24) is 24.6 Å². The molecule has 1 aliphatic rings. The molecular weight excluding hydrogens is 330 g/mol. The number of benzene rings is 1. The molecule has 0 spiro atoms. The fourth-order valence-electron chi connectivity index (χ4n) is 3.38.